The molecular weight excluding hydrogens is 411 g/mol. The van der Waals surface area contributed by atoms with Gasteiger partial charge in [0.15, 0.2) is 5.82 Å². The SMILES string of the molecule is C=Cc1ccc2c(c1)P(=O)(On1nnc3c1NCCC3C=C)c1cc(C=C)ccc1O2. The van der Waals surface area contributed by atoms with Crippen molar-refractivity contribution in [3.05, 3.63) is 79.0 Å². The Hall–Kier alpha value is -3.57. The highest BCUT2D eigenvalue weighted by Gasteiger charge is 2.42. The van der Waals surface area contributed by atoms with E-state index < -0.39 is 7.37 Å². The van der Waals surface area contributed by atoms with Gasteiger partial charge in [-0.1, -0.05) is 48.4 Å². The highest BCUT2D eigenvalue weighted by molar-refractivity contribution is 7.75. The Morgan fingerprint density at radius 3 is 2.32 bits per heavy atom. The highest BCUT2D eigenvalue weighted by Crippen LogP contribution is 2.51. The second kappa shape index (κ2) is 7.29. The first-order chi connectivity index (χ1) is 15.1. The van der Waals surface area contributed by atoms with Crippen LogP contribution in [-0.2, 0) is 4.57 Å². The van der Waals surface area contributed by atoms with Crippen molar-refractivity contribution in [1.29, 1.82) is 0 Å². The largest absolute Gasteiger partial charge is 0.456 e. The Balaban J connectivity index is 1.70. The third-order valence-electron chi connectivity index (χ3n) is 5.54. The van der Waals surface area contributed by atoms with Gasteiger partial charge in [0.2, 0.25) is 0 Å². The summed E-state index contributed by atoms with van der Waals surface area (Å²) in [5.74, 6) is 1.58. The van der Waals surface area contributed by atoms with Crippen molar-refractivity contribution < 1.29 is 13.9 Å². The molecule has 1 N–H and O–H groups in total. The van der Waals surface area contributed by atoms with Crippen LogP contribution in [0.5, 0.6) is 11.5 Å². The number of aromatic nitrogens is 3. The van der Waals surface area contributed by atoms with Crippen LogP contribution in [0.2, 0.25) is 0 Å². The highest BCUT2D eigenvalue weighted by atomic mass is 31.2. The van der Waals surface area contributed by atoms with Gasteiger partial charge in [-0.15, -0.1) is 11.7 Å². The lowest BCUT2D eigenvalue weighted by Crippen LogP contribution is -2.32. The van der Waals surface area contributed by atoms with Crippen LogP contribution < -0.4 is 25.3 Å². The van der Waals surface area contributed by atoms with Gasteiger partial charge in [-0.3, -0.25) is 4.57 Å². The van der Waals surface area contributed by atoms with E-state index in [9.17, 15) is 4.57 Å². The van der Waals surface area contributed by atoms with Crippen LogP contribution in [0.1, 0.15) is 29.2 Å². The molecule has 156 valence electrons. The number of hydrogen-bond donors (Lipinski definition) is 1. The van der Waals surface area contributed by atoms with Crippen LogP contribution >= 0.6 is 7.37 Å². The molecule has 2 aliphatic rings. The number of allylic oxidation sites excluding steroid dienone is 1. The van der Waals surface area contributed by atoms with Crippen LogP contribution in [0, 0.1) is 0 Å². The number of anilines is 1. The van der Waals surface area contributed by atoms with E-state index in [1.807, 2.05) is 18.2 Å². The molecule has 2 aliphatic heterocycles. The van der Waals surface area contributed by atoms with E-state index in [0.29, 0.717) is 34.5 Å². The summed E-state index contributed by atoms with van der Waals surface area (Å²) in [4.78, 5) is 1.23. The van der Waals surface area contributed by atoms with Gasteiger partial charge in [0.1, 0.15) is 17.2 Å². The normalized spacial score (nSPS) is 17.7. The molecule has 0 radical (unpaired) electrons. The van der Waals surface area contributed by atoms with E-state index >= 15 is 0 Å². The van der Waals surface area contributed by atoms with Crippen molar-refractivity contribution in [1.82, 2.24) is 15.2 Å². The molecule has 0 aliphatic carbocycles. The fraction of sp³-hybridized carbons (Fsp3) is 0.130. The summed E-state index contributed by atoms with van der Waals surface area (Å²) < 4.78 is 26.8. The lowest BCUT2D eigenvalue weighted by molar-refractivity contribution is 0.240. The third kappa shape index (κ3) is 3.01. The Kier molecular flexibility index (Phi) is 4.56. The summed E-state index contributed by atoms with van der Waals surface area (Å²) in [7, 11) is -3.66. The van der Waals surface area contributed by atoms with Crippen molar-refractivity contribution in [3.8, 4) is 11.5 Å². The number of nitrogens with zero attached hydrogens (tertiary/aromatic N) is 3. The van der Waals surface area contributed by atoms with Crippen molar-refractivity contribution >= 4 is 35.9 Å². The van der Waals surface area contributed by atoms with Gasteiger partial charge in [0.05, 0.1) is 10.6 Å². The Labute approximate surface area is 180 Å². The zero-order valence-electron chi connectivity index (χ0n) is 16.8. The second-order valence-electron chi connectivity index (χ2n) is 7.35. The molecule has 8 heteroatoms. The van der Waals surface area contributed by atoms with Crippen LogP contribution in [0.15, 0.2) is 62.2 Å². The van der Waals surface area contributed by atoms with Crippen molar-refractivity contribution in [2.24, 2.45) is 0 Å². The summed E-state index contributed by atoms with van der Waals surface area (Å²) in [5, 5.41) is 12.5. The molecule has 3 heterocycles. The summed E-state index contributed by atoms with van der Waals surface area (Å²) in [6.45, 7) is 12.2. The maximum Gasteiger partial charge on any atom is 0.337 e. The van der Waals surface area contributed by atoms with Crippen LogP contribution in [0.3, 0.4) is 0 Å². The summed E-state index contributed by atoms with van der Waals surface area (Å²) >= 11 is 0. The smallest absolute Gasteiger partial charge is 0.337 e. The second-order valence-corrected chi connectivity index (χ2v) is 9.58. The minimum atomic E-state index is -3.66. The molecule has 0 fully saturated rings. The van der Waals surface area contributed by atoms with Crippen LogP contribution in [-0.4, -0.2) is 21.7 Å². The predicted octanol–water partition coefficient (Wildman–Crippen LogP) is 4.11. The minimum Gasteiger partial charge on any atom is -0.456 e. The van der Waals surface area contributed by atoms with Crippen molar-refractivity contribution in [2.75, 3.05) is 11.9 Å². The van der Waals surface area contributed by atoms with Gasteiger partial charge in [0, 0.05) is 12.5 Å². The van der Waals surface area contributed by atoms with E-state index in [0.717, 1.165) is 23.2 Å². The van der Waals surface area contributed by atoms with Gasteiger partial charge in [-0.2, -0.15) is 0 Å². The Bertz CT molecular complexity index is 1220. The zero-order chi connectivity index (χ0) is 21.6. The van der Waals surface area contributed by atoms with E-state index in [1.54, 1.807) is 36.4 Å². The molecule has 2 aromatic carbocycles. The Morgan fingerprint density at radius 2 is 1.74 bits per heavy atom. The van der Waals surface area contributed by atoms with Gasteiger partial charge in [-0.25, -0.2) is 0 Å². The first kappa shape index (κ1) is 19.4. The molecule has 0 amide bonds. The number of fused-ring (bicyclic) bond motifs is 3. The lowest BCUT2D eigenvalue weighted by atomic mass is 9.99. The molecule has 1 unspecified atom stereocenters. The fourth-order valence-corrected chi connectivity index (χ4v) is 6.08. The van der Waals surface area contributed by atoms with Gasteiger partial charge in [0.25, 0.3) is 0 Å². The molecular formula is C23H21N4O3P. The van der Waals surface area contributed by atoms with Crippen LogP contribution in [0.25, 0.3) is 12.2 Å². The van der Waals surface area contributed by atoms with Crippen LogP contribution in [0.4, 0.5) is 5.82 Å². The van der Waals surface area contributed by atoms with E-state index in [4.69, 9.17) is 9.36 Å². The molecule has 0 saturated carbocycles. The van der Waals surface area contributed by atoms with Gasteiger partial charge in [-0.05, 0) is 47.0 Å². The fourth-order valence-electron chi connectivity index (χ4n) is 3.86. The number of hydrogen-bond acceptors (Lipinski definition) is 6. The molecule has 5 rings (SSSR count). The lowest BCUT2D eigenvalue weighted by Gasteiger charge is -2.29. The van der Waals surface area contributed by atoms with E-state index in [2.05, 4.69) is 35.4 Å². The molecule has 1 atom stereocenters. The molecule has 1 aromatic heterocycles. The Morgan fingerprint density at radius 1 is 1.10 bits per heavy atom. The number of rotatable bonds is 5. The molecule has 0 saturated heterocycles. The van der Waals surface area contributed by atoms with E-state index in [1.165, 1.54) is 4.85 Å². The standard InChI is InChI=1S/C23H21N4O3P/c1-4-15-7-9-18-20(13-15)31(28,21-14-16(5-2)8-10-19(21)29-18)30-27-23-22(25-26-27)17(6-3)11-12-24-23/h4-10,13-14,17,24H,1-3,11-12H2. The van der Waals surface area contributed by atoms with E-state index in [-0.39, 0.29) is 5.92 Å². The number of benzene rings is 2. The summed E-state index contributed by atoms with van der Waals surface area (Å²) in [6, 6.07) is 10.8. The summed E-state index contributed by atoms with van der Waals surface area (Å²) in [5.41, 5.74) is 2.33. The first-order valence-electron chi connectivity index (χ1n) is 9.91. The average molecular weight is 432 g/mol. The monoisotopic (exact) mass is 432 g/mol. The maximum atomic E-state index is 14.6. The van der Waals surface area contributed by atoms with Crippen molar-refractivity contribution in [3.63, 3.8) is 0 Å². The first-order valence-corrected chi connectivity index (χ1v) is 11.5. The van der Waals surface area contributed by atoms with Crippen molar-refractivity contribution in [2.45, 2.75) is 12.3 Å². The number of nitrogens with one attached hydrogen (secondary N) is 1. The summed E-state index contributed by atoms with van der Waals surface area (Å²) in [6.07, 6.45) is 6.08. The number of ether oxygens (including phenoxy) is 1. The molecule has 3 aromatic rings. The van der Waals surface area contributed by atoms with Gasteiger partial charge < -0.3 is 14.7 Å². The molecule has 7 nitrogen and oxygen atoms in total. The molecule has 31 heavy (non-hydrogen) atoms. The zero-order valence-corrected chi connectivity index (χ0v) is 17.7. The molecule has 0 bridgehead atoms. The minimum absolute atomic E-state index is 0.0588. The maximum absolute atomic E-state index is 14.6. The average Bonchev–Trinajstić information content (AvgIpc) is 3.21. The third-order valence-corrected chi connectivity index (χ3v) is 7.89. The predicted molar refractivity (Wildman–Crippen MR) is 123 cm³/mol. The topological polar surface area (TPSA) is 78.3 Å². The molecule has 0 spiro atoms. The quantitative estimate of drug-likeness (QED) is 0.483. The van der Waals surface area contributed by atoms with Gasteiger partial charge >= 0.3 is 7.37 Å².